The molecule has 3 aromatic carbocycles. The summed E-state index contributed by atoms with van der Waals surface area (Å²) in [7, 11) is 4.02. The van der Waals surface area contributed by atoms with Gasteiger partial charge in [-0.2, -0.15) is 0 Å². The Kier molecular flexibility index (Phi) is 7.55. The predicted molar refractivity (Wildman–Crippen MR) is 135 cm³/mol. The minimum Gasteiger partial charge on any atom is -0.308 e. The highest BCUT2D eigenvalue weighted by Gasteiger charge is 2.21. The average Bonchev–Trinajstić information content (AvgIpc) is 3.12. The van der Waals surface area contributed by atoms with E-state index < -0.39 is 0 Å². The van der Waals surface area contributed by atoms with Gasteiger partial charge in [-0.25, -0.2) is 4.98 Å². The zero-order valence-corrected chi connectivity index (χ0v) is 20.2. The molecule has 4 rings (SSSR count). The van der Waals surface area contributed by atoms with E-state index in [0.717, 1.165) is 43.8 Å². The molecule has 0 fully saturated rings. The highest BCUT2D eigenvalue weighted by molar-refractivity contribution is 7.22. The summed E-state index contributed by atoms with van der Waals surface area (Å²) < 4.78 is 1.00. The first-order chi connectivity index (χ1) is 14.4. The Morgan fingerprint density at radius 2 is 1.81 bits per heavy atom. The van der Waals surface area contributed by atoms with Gasteiger partial charge in [-0.05, 0) is 55.1 Å². The maximum atomic E-state index is 13.4. The van der Waals surface area contributed by atoms with Crippen LogP contribution in [0.2, 0.25) is 5.02 Å². The molecular weight excluding hydrogens is 449 g/mol. The van der Waals surface area contributed by atoms with Crippen molar-refractivity contribution in [3.63, 3.8) is 0 Å². The number of nitrogens with zero attached hydrogens (tertiary/aromatic N) is 3. The molecule has 1 aromatic heterocycles. The van der Waals surface area contributed by atoms with Gasteiger partial charge in [-0.1, -0.05) is 65.4 Å². The van der Waals surface area contributed by atoms with E-state index in [1.54, 1.807) is 0 Å². The van der Waals surface area contributed by atoms with Crippen molar-refractivity contribution in [3.05, 3.63) is 70.7 Å². The first kappa shape index (κ1) is 23.5. The lowest BCUT2D eigenvalue weighted by atomic mass is 10.0. The number of fused-ring (bicyclic) bond motifs is 2. The lowest BCUT2D eigenvalue weighted by molar-refractivity contribution is -0.118. The molecule has 1 heterocycles. The molecule has 4 nitrogen and oxygen atoms in total. The minimum atomic E-state index is 0. The van der Waals surface area contributed by atoms with Crippen molar-refractivity contribution in [2.75, 3.05) is 32.1 Å². The fraction of sp³-hybridized carbons (Fsp3) is 0.250. The van der Waals surface area contributed by atoms with Crippen LogP contribution in [0.1, 0.15) is 11.1 Å². The lowest BCUT2D eigenvalue weighted by Gasteiger charge is -2.22. The van der Waals surface area contributed by atoms with Gasteiger partial charge < -0.3 is 4.90 Å². The Balaban J connectivity index is 0.00000272. The summed E-state index contributed by atoms with van der Waals surface area (Å²) in [6.45, 7) is 3.35. The summed E-state index contributed by atoms with van der Waals surface area (Å²) in [5.41, 5.74) is 2.97. The van der Waals surface area contributed by atoms with Gasteiger partial charge >= 0.3 is 0 Å². The summed E-state index contributed by atoms with van der Waals surface area (Å²) >= 11 is 7.75. The van der Waals surface area contributed by atoms with Gasteiger partial charge in [0.25, 0.3) is 0 Å². The normalized spacial score (nSPS) is 11.1. The molecule has 1 amide bonds. The Labute approximate surface area is 197 Å². The maximum Gasteiger partial charge on any atom is 0.233 e. The van der Waals surface area contributed by atoms with Gasteiger partial charge in [0, 0.05) is 18.1 Å². The third-order valence-corrected chi connectivity index (χ3v) is 6.41. The van der Waals surface area contributed by atoms with Gasteiger partial charge in [0.1, 0.15) is 0 Å². The number of benzene rings is 3. The van der Waals surface area contributed by atoms with E-state index in [-0.39, 0.29) is 18.3 Å². The van der Waals surface area contributed by atoms with Gasteiger partial charge in [0.2, 0.25) is 5.91 Å². The number of halogens is 2. The first-order valence-corrected chi connectivity index (χ1v) is 11.1. The van der Waals surface area contributed by atoms with Gasteiger partial charge in [0.15, 0.2) is 5.13 Å². The molecular formula is C24H25Cl2N3OS. The van der Waals surface area contributed by atoms with Gasteiger partial charge in [0.05, 0.1) is 16.6 Å². The molecule has 7 heteroatoms. The second-order valence-corrected chi connectivity index (χ2v) is 9.18. The van der Waals surface area contributed by atoms with E-state index in [4.69, 9.17) is 16.6 Å². The summed E-state index contributed by atoms with van der Waals surface area (Å²) in [5.74, 6) is 0.0519. The zero-order chi connectivity index (χ0) is 21.3. The second kappa shape index (κ2) is 9.96. The number of anilines is 1. The molecule has 0 aliphatic carbocycles. The van der Waals surface area contributed by atoms with Crippen molar-refractivity contribution >= 4 is 67.4 Å². The summed E-state index contributed by atoms with van der Waals surface area (Å²) in [4.78, 5) is 22.1. The van der Waals surface area contributed by atoms with E-state index in [0.29, 0.717) is 18.0 Å². The van der Waals surface area contributed by atoms with E-state index in [2.05, 4.69) is 23.1 Å². The number of rotatable bonds is 6. The largest absolute Gasteiger partial charge is 0.308 e. The Hall–Kier alpha value is -2.18. The number of hydrogen-bond acceptors (Lipinski definition) is 4. The molecule has 0 aliphatic rings. The summed E-state index contributed by atoms with van der Waals surface area (Å²) in [6.07, 6.45) is 0.338. The lowest BCUT2D eigenvalue weighted by Crippen LogP contribution is -2.37. The minimum absolute atomic E-state index is 0. The van der Waals surface area contributed by atoms with Crippen molar-refractivity contribution < 1.29 is 4.79 Å². The molecule has 4 aromatic rings. The number of likely N-dealkylation sites (N-methyl/N-ethyl adjacent to an activating group) is 1. The van der Waals surface area contributed by atoms with Gasteiger partial charge in [-0.15, -0.1) is 12.4 Å². The molecule has 31 heavy (non-hydrogen) atoms. The van der Waals surface area contributed by atoms with E-state index in [9.17, 15) is 4.79 Å². The molecule has 0 spiro atoms. The van der Waals surface area contributed by atoms with E-state index in [1.807, 2.05) is 62.3 Å². The van der Waals surface area contributed by atoms with Crippen LogP contribution < -0.4 is 4.90 Å². The number of aromatic nitrogens is 1. The van der Waals surface area contributed by atoms with Crippen LogP contribution in [0.4, 0.5) is 5.13 Å². The SMILES string of the molecule is Cc1cc(Cl)cc2sc(N(CCN(C)C)C(=O)Cc3cccc4ccccc34)nc12.Cl. The molecule has 0 atom stereocenters. The monoisotopic (exact) mass is 473 g/mol. The van der Waals surface area contributed by atoms with Gasteiger partial charge in [-0.3, -0.25) is 9.69 Å². The number of aryl methyl sites for hydroxylation is 1. The van der Waals surface area contributed by atoms with Crippen molar-refractivity contribution in [2.24, 2.45) is 0 Å². The van der Waals surface area contributed by atoms with Crippen molar-refractivity contribution in [1.82, 2.24) is 9.88 Å². The zero-order valence-electron chi connectivity index (χ0n) is 17.8. The number of hydrogen-bond donors (Lipinski definition) is 0. The number of thiazole rings is 1. The number of carbonyl (C=O) groups is 1. The van der Waals surface area contributed by atoms with E-state index >= 15 is 0 Å². The Morgan fingerprint density at radius 3 is 2.58 bits per heavy atom. The van der Waals surface area contributed by atoms with Crippen LogP contribution >= 0.6 is 35.3 Å². The van der Waals surface area contributed by atoms with Crippen LogP contribution in [0, 0.1) is 6.92 Å². The molecule has 0 saturated heterocycles. The van der Waals surface area contributed by atoms with Crippen molar-refractivity contribution in [1.29, 1.82) is 0 Å². The van der Waals surface area contributed by atoms with Crippen LogP contribution in [0.5, 0.6) is 0 Å². The Bertz CT molecular complexity index is 1220. The fourth-order valence-corrected chi connectivity index (χ4v) is 5.05. The number of carbonyl (C=O) groups excluding carboxylic acids is 1. The fourth-order valence-electron chi connectivity index (χ4n) is 3.59. The topological polar surface area (TPSA) is 36.4 Å². The maximum absolute atomic E-state index is 13.4. The summed E-state index contributed by atoms with van der Waals surface area (Å²) in [5, 5.41) is 3.68. The standard InChI is InChI=1S/C24H24ClN3OS.ClH/c1-16-13-19(25)15-21-23(16)26-24(30-21)28(12-11-27(2)3)22(29)14-18-9-6-8-17-7-4-5-10-20(17)18;/h4-10,13,15H,11-12,14H2,1-3H3;1H. The highest BCUT2D eigenvalue weighted by atomic mass is 35.5. The van der Waals surface area contributed by atoms with Crippen LogP contribution in [0.25, 0.3) is 21.0 Å². The average molecular weight is 474 g/mol. The molecule has 0 bridgehead atoms. The molecule has 0 radical (unpaired) electrons. The van der Waals surface area contributed by atoms with Crippen LogP contribution in [-0.2, 0) is 11.2 Å². The Morgan fingerprint density at radius 1 is 1.06 bits per heavy atom. The van der Waals surface area contributed by atoms with Crippen LogP contribution in [-0.4, -0.2) is 43.0 Å². The highest BCUT2D eigenvalue weighted by Crippen LogP contribution is 2.33. The van der Waals surface area contributed by atoms with Crippen molar-refractivity contribution in [3.8, 4) is 0 Å². The van der Waals surface area contributed by atoms with Crippen molar-refractivity contribution in [2.45, 2.75) is 13.3 Å². The third-order valence-electron chi connectivity index (χ3n) is 5.16. The molecule has 0 aliphatic heterocycles. The summed E-state index contributed by atoms with van der Waals surface area (Å²) in [6, 6.07) is 18.1. The first-order valence-electron chi connectivity index (χ1n) is 9.91. The van der Waals surface area contributed by atoms with Crippen LogP contribution in [0.3, 0.4) is 0 Å². The molecule has 162 valence electrons. The third kappa shape index (κ3) is 5.18. The molecule has 0 N–H and O–H groups in total. The quantitative estimate of drug-likeness (QED) is 0.346. The van der Waals surface area contributed by atoms with Crippen LogP contribution in [0.15, 0.2) is 54.6 Å². The smallest absolute Gasteiger partial charge is 0.233 e. The second-order valence-electron chi connectivity index (χ2n) is 7.73. The predicted octanol–water partition coefficient (Wildman–Crippen LogP) is 5.97. The molecule has 0 unspecified atom stereocenters. The van der Waals surface area contributed by atoms with E-state index in [1.165, 1.54) is 11.3 Å². The number of amides is 1. The molecule has 0 saturated carbocycles.